The van der Waals surface area contributed by atoms with Gasteiger partial charge in [0.1, 0.15) is 6.04 Å². The van der Waals surface area contributed by atoms with Crippen LogP contribution < -0.4 is 16.0 Å². The summed E-state index contributed by atoms with van der Waals surface area (Å²) in [5, 5.41) is 15.8. The summed E-state index contributed by atoms with van der Waals surface area (Å²) in [6.45, 7) is 0.557. The summed E-state index contributed by atoms with van der Waals surface area (Å²) in [7, 11) is 0. The molecule has 3 rings (SSSR count). The van der Waals surface area contributed by atoms with Crippen LogP contribution in [0, 0.1) is 0 Å². The van der Waals surface area contributed by atoms with Gasteiger partial charge >= 0.3 is 6.03 Å². The number of urea groups is 1. The van der Waals surface area contributed by atoms with Crippen molar-refractivity contribution in [3.63, 3.8) is 0 Å². The molecule has 1 atom stereocenters. The van der Waals surface area contributed by atoms with Crippen molar-refractivity contribution in [2.75, 3.05) is 6.54 Å². The van der Waals surface area contributed by atoms with Crippen molar-refractivity contribution in [3.05, 3.63) is 30.2 Å². The monoisotopic (exact) mass is 260 g/mol. The third-order valence-electron chi connectivity index (χ3n) is 2.89. The first-order chi connectivity index (χ1) is 9.24. The molecule has 2 aromatic rings. The summed E-state index contributed by atoms with van der Waals surface area (Å²) in [6.07, 6.45) is 1.83. The van der Waals surface area contributed by atoms with Crippen molar-refractivity contribution >= 4 is 17.6 Å². The highest BCUT2D eigenvalue weighted by Gasteiger charge is 2.26. The number of hydrogen-bond acceptors (Lipinski definition) is 4. The average molecular weight is 260 g/mol. The molecule has 8 heteroatoms. The van der Waals surface area contributed by atoms with Crippen molar-refractivity contribution in [3.8, 4) is 0 Å². The Labute approximate surface area is 108 Å². The minimum Gasteiger partial charge on any atom is -0.347 e. The van der Waals surface area contributed by atoms with Gasteiger partial charge < -0.3 is 16.0 Å². The molecule has 0 spiro atoms. The summed E-state index contributed by atoms with van der Waals surface area (Å²) >= 11 is 0. The van der Waals surface area contributed by atoms with E-state index in [0.29, 0.717) is 12.4 Å². The average Bonchev–Trinajstić information content (AvgIpc) is 3.02. The van der Waals surface area contributed by atoms with Crippen LogP contribution in [0.3, 0.4) is 0 Å². The Balaban J connectivity index is 1.66. The van der Waals surface area contributed by atoms with Crippen LogP contribution in [0.2, 0.25) is 0 Å². The van der Waals surface area contributed by atoms with Crippen LogP contribution in [0.5, 0.6) is 0 Å². The van der Waals surface area contributed by atoms with Gasteiger partial charge in [0, 0.05) is 12.7 Å². The van der Waals surface area contributed by atoms with Crippen LogP contribution in [-0.2, 0) is 11.3 Å². The molecule has 1 aliphatic rings. The smallest absolute Gasteiger partial charge is 0.315 e. The number of nitrogens with one attached hydrogen (secondary N) is 3. The zero-order valence-electron chi connectivity index (χ0n) is 9.96. The third kappa shape index (κ3) is 2.19. The maximum absolute atomic E-state index is 11.8. The van der Waals surface area contributed by atoms with Gasteiger partial charge in [0.25, 0.3) is 0 Å². The van der Waals surface area contributed by atoms with Gasteiger partial charge in [0.15, 0.2) is 11.5 Å². The molecule has 0 saturated carbocycles. The van der Waals surface area contributed by atoms with Crippen LogP contribution in [0.1, 0.15) is 5.82 Å². The van der Waals surface area contributed by atoms with Crippen LogP contribution in [0.15, 0.2) is 24.4 Å². The van der Waals surface area contributed by atoms with Crippen molar-refractivity contribution in [2.24, 2.45) is 0 Å². The molecule has 1 saturated heterocycles. The highest BCUT2D eigenvalue weighted by molar-refractivity contribution is 5.90. The molecule has 2 aromatic heterocycles. The van der Waals surface area contributed by atoms with E-state index in [-0.39, 0.29) is 18.5 Å². The van der Waals surface area contributed by atoms with Crippen LogP contribution in [0.4, 0.5) is 4.79 Å². The van der Waals surface area contributed by atoms with Crippen molar-refractivity contribution in [1.82, 2.24) is 30.5 Å². The number of amides is 3. The minimum atomic E-state index is -0.535. The Kier molecular flexibility index (Phi) is 2.75. The molecule has 1 unspecified atom stereocenters. The number of carbonyl (C=O) groups excluding carboxylic acids is 2. The van der Waals surface area contributed by atoms with Crippen LogP contribution >= 0.6 is 0 Å². The van der Waals surface area contributed by atoms with Gasteiger partial charge in [0.05, 0.1) is 6.54 Å². The molecular weight excluding hydrogens is 248 g/mol. The van der Waals surface area contributed by atoms with E-state index in [1.54, 1.807) is 4.40 Å². The van der Waals surface area contributed by atoms with Gasteiger partial charge in [-0.15, -0.1) is 10.2 Å². The SMILES string of the molecule is O=C1NCC(C(=O)NCc2nnc3ccccn23)N1. The molecule has 3 amide bonds. The van der Waals surface area contributed by atoms with E-state index in [1.807, 2.05) is 24.4 Å². The second kappa shape index (κ2) is 4.56. The Morgan fingerprint density at radius 3 is 3.16 bits per heavy atom. The van der Waals surface area contributed by atoms with E-state index >= 15 is 0 Å². The second-order valence-electron chi connectivity index (χ2n) is 4.17. The molecular formula is C11H12N6O2. The summed E-state index contributed by atoms with van der Waals surface area (Å²) in [5.74, 6) is 0.396. The maximum Gasteiger partial charge on any atom is 0.315 e. The van der Waals surface area contributed by atoms with Crippen molar-refractivity contribution in [2.45, 2.75) is 12.6 Å². The number of aromatic nitrogens is 3. The second-order valence-corrected chi connectivity index (χ2v) is 4.17. The fourth-order valence-electron chi connectivity index (χ4n) is 1.91. The normalized spacial score (nSPS) is 18.1. The lowest BCUT2D eigenvalue weighted by atomic mass is 10.3. The predicted molar refractivity (Wildman–Crippen MR) is 65.2 cm³/mol. The van der Waals surface area contributed by atoms with Gasteiger partial charge in [-0.1, -0.05) is 6.07 Å². The van der Waals surface area contributed by atoms with E-state index in [9.17, 15) is 9.59 Å². The molecule has 0 radical (unpaired) electrons. The quantitative estimate of drug-likeness (QED) is 0.660. The molecule has 1 fully saturated rings. The van der Waals surface area contributed by atoms with E-state index in [0.717, 1.165) is 5.65 Å². The summed E-state index contributed by atoms with van der Waals surface area (Å²) < 4.78 is 1.80. The number of rotatable bonds is 3. The number of carbonyl (C=O) groups is 2. The highest BCUT2D eigenvalue weighted by atomic mass is 16.2. The molecule has 3 heterocycles. The molecule has 3 N–H and O–H groups in total. The van der Waals surface area contributed by atoms with Gasteiger partial charge in [-0.25, -0.2) is 4.79 Å². The van der Waals surface area contributed by atoms with E-state index in [4.69, 9.17) is 0 Å². The third-order valence-corrected chi connectivity index (χ3v) is 2.89. The highest BCUT2D eigenvalue weighted by Crippen LogP contribution is 2.02. The molecule has 0 aromatic carbocycles. The molecule has 19 heavy (non-hydrogen) atoms. The van der Waals surface area contributed by atoms with E-state index in [2.05, 4.69) is 26.1 Å². The number of pyridine rings is 1. The lowest BCUT2D eigenvalue weighted by molar-refractivity contribution is -0.122. The standard InChI is InChI=1S/C11H12N6O2/c18-10(7-5-13-11(19)14-7)12-6-9-16-15-8-3-1-2-4-17(8)9/h1-4,7H,5-6H2,(H,12,18)(H2,13,14,19). The van der Waals surface area contributed by atoms with Crippen LogP contribution in [-0.4, -0.2) is 39.1 Å². The van der Waals surface area contributed by atoms with E-state index in [1.165, 1.54) is 0 Å². The summed E-state index contributed by atoms with van der Waals surface area (Å²) in [4.78, 5) is 22.7. The first-order valence-electron chi connectivity index (χ1n) is 5.85. The first-order valence-corrected chi connectivity index (χ1v) is 5.85. The number of nitrogens with zero attached hydrogens (tertiary/aromatic N) is 3. The molecule has 0 aliphatic carbocycles. The summed E-state index contributed by atoms with van der Waals surface area (Å²) in [6, 6.07) is 4.70. The molecule has 0 bridgehead atoms. The Hall–Kier alpha value is -2.64. The molecule has 8 nitrogen and oxygen atoms in total. The lowest BCUT2D eigenvalue weighted by Crippen LogP contribution is -2.42. The Bertz CT molecular complexity index is 637. The fourth-order valence-corrected chi connectivity index (χ4v) is 1.91. The minimum absolute atomic E-state index is 0.244. The summed E-state index contributed by atoms with van der Waals surface area (Å²) in [5.41, 5.74) is 0.725. The topological polar surface area (TPSA) is 100 Å². The lowest BCUT2D eigenvalue weighted by Gasteiger charge is -2.08. The zero-order valence-corrected chi connectivity index (χ0v) is 9.96. The van der Waals surface area contributed by atoms with Gasteiger partial charge in [-0.05, 0) is 12.1 Å². The Morgan fingerprint density at radius 1 is 1.47 bits per heavy atom. The molecule has 1 aliphatic heterocycles. The van der Waals surface area contributed by atoms with Crippen LogP contribution in [0.25, 0.3) is 5.65 Å². The van der Waals surface area contributed by atoms with Gasteiger partial charge in [-0.2, -0.15) is 0 Å². The largest absolute Gasteiger partial charge is 0.347 e. The molecule has 98 valence electrons. The van der Waals surface area contributed by atoms with Gasteiger partial charge in [-0.3, -0.25) is 9.20 Å². The number of hydrogen-bond donors (Lipinski definition) is 3. The predicted octanol–water partition coefficient (Wildman–Crippen LogP) is -0.973. The maximum atomic E-state index is 11.8. The van der Waals surface area contributed by atoms with Crippen molar-refractivity contribution < 1.29 is 9.59 Å². The fraction of sp³-hybridized carbons (Fsp3) is 0.273. The van der Waals surface area contributed by atoms with Gasteiger partial charge in [0.2, 0.25) is 5.91 Å². The van der Waals surface area contributed by atoms with E-state index < -0.39 is 6.04 Å². The first kappa shape index (κ1) is 11.5. The zero-order chi connectivity index (χ0) is 13.2. The Morgan fingerprint density at radius 2 is 2.37 bits per heavy atom. The number of fused-ring (bicyclic) bond motifs is 1. The van der Waals surface area contributed by atoms with Crippen molar-refractivity contribution in [1.29, 1.82) is 0 Å².